The van der Waals surface area contributed by atoms with Crippen LogP contribution in [0.3, 0.4) is 0 Å². The number of para-hydroxylation sites is 1. The predicted molar refractivity (Wildman–Crippen MR) is 77.8 cm³/mol. The molecule has 1 aliphatic rings. The number of hydrogen-bond acceptors (Lipinski definition) is 2. The molecule has 1 aromatic carbocycles. The molecule has 1 aliphatic heterocycles. The molecule has 0 spiro atoms. The van der Waals surface area contributed by atoms with Crippen LogP contribution in [0.5, 0.6) is 0 Å². The molecule has 0 saturated heterocycles. The van der Waals surface area contributed by atoms with E-state index in [4.69, 9.17) is 0 Å². The van der Waals surface area contributed by atoms with Crippen LogP contribution < -0.4 is 4.90 Å². The van der Waals surface area contributed by atoms with Crippen LogP contribution in [0, 0.1) is 0 Å². The lowest BCUT2D eigenvalue weighted by molar-refractivity contribution is -0.139. The summed E-state index contributed by atoms with van der Waals surface area (Å²) in [6.45, 7) is 4.12. The maximum Gasteiger partial charge on any atom is 0.311 e. The summed E-state index contributed by atoms with van der Waals surface area (Å²) >= 11 is 0. The number of fused-ring (bicyclic) bond motifs is 1. The molecule has 1 atom stereocenters. The van der Waals surface area contributed by atoms with Gasteiger partial charge in [-0.1, -0.05) is 44.4 Å². The molecule has 104 valence electrons. The van der Waals surface area contributed by atoms with Crippen molar-refractivity contribution in [2.75, 3.05) is 18.0 Å². The van der Waals surface area contributed by atoms with Crippen LogP contribution in [-0.2, 0) is 4.79 Å². The Labute approximate surface area is 115 Å². The van der Waals surface area contributed by atoms with E-state index in [0.29, 0.717) is 0 Å². The number of aliphatic carboxylic acids is 1. The van der Waals surface area contributed by atoms with E-state index >= 15 is 0 Å². The molecule has 1 aromatic rings. The summed E-state index contributed by atoms with van der Waals surface area (Å²) in [5, 5.41) is 9.30. The molecule has 0 aliphatic carbocycles. The average molecular weight is 261 g/mol. The molecule has 0 amide bonds. The summed E-state index contributed by atoms with van der Waals surface area (Å²) in [5.41, 5.74) is 2.11. The number of hydrogen-bond donors (Lipinski definition) is 1. The number of carboxylic acids is 1. The Bertz CT molecular complexity index is 431. The number of anilines is 1. The molecule has 1 heterocycles. The Hall–Kier alpha value is -1.51. The monoisotopic (exact) mass is 261 g/mol. The van der Waals surface area contributed by atoms with Crippen LogP contribution in [-0.4, -0.2) is 24.2 Å². The lowest BCUT2D eigenvalue weighted by Gasteiger charge is -2.34. The highest BCUT2D eigenvalue weighted by Gasteiger charge is 2.29. The van der Waals surface area contributed by atoms with Gasteiger partial charge in [-0.05, 0) is 24.5 Å². The third kappa shape index (κ3) is 3.28. The molecule has 0 bridgehead atoms. The minimum Gasteiger partial charge on any atom is -0.481 e. The van der Waals surface area contributed by atoms with Crippen LogP contribution in [0.1, 0.15) is 50.5 Å². The highest BCUT2D eigenvalue weighted by Crippen LogP contribution is 2.35. The Morgan fingerprint density at radius 1 is 1.32 bits per heavy atom. The number of carbonyl (C=O) groups is 1. The first-order valence-corrected chi connectivity index (χ1v) is 7.30. The highest BCUT2D eigenvalue weighted by molar-refractivity contribution is 5.80. The van der Waals surface area contributed by atoms with Crippen LogP contribution in [0.2, 0.25) is 0 Å². The largest absolute Gasteiger partial charge is 0.481 e. The van der Waals surface area contributed by atoms with Gasteiger partial charge in [0.05, 0.1) is 5.92 Å². The van der Waals surface area contributed by atoms with Crippen LogP contribution in [0.4, 0.5) is 5.69 Å². The summed E-state index contributed by atoms with van der Waals surface area (Å²) in [7, 11) is 0. The zero-order chi connectivity index (χ0) is 13.7. The van der Waals surface area contributed by atoms with Crippen molar-refractivity contribution in [3.63, 3.8) is 0 Å². The molecule has 1 N–H and O–H groups in total. The van der Waals surface area contributed by atoms with E-state index < -0.39 is 5.97 Å². The first kappa shape index (κ1) is 13.9. The summed E-state index contributed by atoms with van der Waals surface area (Å²) in [5.74, 6) is -1.03. The fraction of sp³-hybridized carbons (Fsp3) is 0.562. The zero-order valence-corrected chi connectivity index (χ0v) is 11.6. The number of carboxylic acid groups (broad SMARTS) is 1. The Morgan fingerprint density at radius 3 is 2.84 bits per heavy atom. The van der Waals surface area contributed by atoms with Gasteiger partial charge in [0, 0.05) is 18.8 Å². The SMILES string of the molecule is CCCCCCN1CCC(C(=O)O)c2ccccc21. The fourth-order valence-corrected chi connectivity index (χ4v) is 2.85. The van der Waals surface area contributed by atoms with Crippen molar-refractivity contribution in [2.24, 2.45) is 0 Å². The predicted octanol–water partition coefficient (Wildman–Crippen LogP) is 3.65. The van der Waals surface area contributed by atoms with Gasteiger partial charge in [0.2, 0.25) is 0 Å². The molecule has 0 fully saturated rings. The lowest BCUT2D eigenvalue weighted by atomic mass is 9.90. The van der Waals surface area contributed by atoms with Crippen molar-refractivity contribution in [3.8, 4) is 0 Å². The number of rotatable bonds is 6. The molecule has 0 saturated carbocycles. The summed E-state index contributed by atoms with van der Waals surface area (Å²) < 4.78 is 0. The van der Waals surface area contributed by atoms with E-state index in [2.05, 4.69) is 17.9 Å². The van der Waals surface area contributed by atoms with E-state index in [0.717, 1.165) is 30.8 Å². The molecule has 0 radical (unpaired) electrons. The normalized spacial score (nSPS) is 18.2. The minimum atomic E-state index is -0.696. The van der Waals surface area contributed by atoms with Crippen molar-refractivity contribution >= 4 is 11.7 Å². The van der Waals surface area contributed by atoms with E-state index in [1.54, 1.807) is 0 Å². The maximum atomic E-state index is 11.3. The van der Waals surface area contributed by atoms with Gasteiger partial charge in [-0.15, -0.1) is 0 Å². The number of nitrogens with zero attached hydrogens (tertiary/aromatic N) is 1. The highest BCUT2D eigenvalue weighted by atomic mass is 16.4. The molecule has 19 heavy (non-hydrogen) atoms. The smallest absolute Gasteiger partial charge is 0.311 e. The molecular formula is C16H23NO2. The lowest BCUT2D eigenvalue weighted by Crippen LogP contribution is -2.34. The fourth-order valence-electron chi connectivity index (χ4n) is 2.85. The van der Waals surface area contributed by atoms with Crippen molar-refractivity contribution in [1.29, 1.82) is 0 Å². The van der Waals surface area contributed by atoms with Crippen LogP contribution >= 0.6 is 0 Å². The second kappa shape index (κ2) is 6.60. The van der Waals surface area contributed by atoms with Gasteiger partial charge >= 0.3 is 5.97 Å². The van der Waals surface area contributed by atoms with Gasteiger partial charge < -0.3 is 10.0 Å². The first-order chi connectivity index (χ1) is 9.24. The molecule has 3 heteroatoms. The van der Waals surface area contributed by atoms with E-state index in [-0.39, 0.29) is 5.92 Å². The van der Waals surface area contributed by atoms with Crippen molar-refractivity contribution in [1.82, 2.24) is 0 Å². The van der Waals surface area contributed by atoms with Gasteiger partial charge in [-0.25, -0.2) is 0 Å². The van der Waals surface area contributed by atoms with Crippen molar-refractivity contribution < 1.29 is 9.90 Å². The minimum absolute atomic E-state index is 0.330. The van der Waals surface area contributed by atoms with E-state index in [1.165, 1.54) is 25.7 Å². The second-order valence-corrected chi connectivity index (χ2v) is 5.29. The number of benzene rings is 1. The number of unbranched alkanes of at least 4 members (excludes halogenated alkanes) is 3. The maximum absolute atomic E-state index is 11.3. The summed E-state index contributed by atoms with van der Waals surface area (Å²) in [6.07, 6.45) is 5.71. The van der Waals surface area contributed by atoms with Gasteiger partial charge in [-0.2, -0.15) is 0 Å². The zero-order valence-electron chi connectivity index (χ0n) is 11.6. The topological polar surface area (TPSA) is 40.5 Å². The Balaban J connectivity index is 2.07. The van der Waals surface area contributed by atoms with E-state index in [9.17, 15) is 9.90 Å². The molecule has 0 aromatic heterocycles. The van der Waals surface area contributed by atoms with Gasteiger partial charge in [0.1, 0.15) is 0 Å². The first-order valence-electron chi connectivity index (χ1n) is 7.30. The molecular weight excluding hydrogens is 238 g/mol. The Kier molecular flexibility index (Phi) is 4.83. The van der Waals surface area contributed by atoms with Crippen molar-refractivity contribution in [2.45, 2.75) is 44.9 Å². The molecule has 1 unspecified atom stereocenters. The third-order valence-corrected chi connectivity index (χ3v) is 3.92. The standard InChI is InChI=1S/C16H23NO2/c1-2-3-4-7-11-17-12-10-14(16(18)19)13-8-5-6-9-15(13)17/h5-6,8-9,14H,2-4,7,10-12H2,1H3,(H,18,19). The molecule has 2 rings (SSSR count). The van der Waals surface area contributed by atoms with Crippen molar-refractivity contribution in [3.05, 3.63) is 29.8 Å². The van der Waals surface area contributed by atoms with Crippen LogP contribution in [0.15, 0.2) is 24.3 Å². The molecule has 3 nitrogen and oxygen atoms in total. The van der Waals surface area contributed by atoms with Crippen LogP contribution in [0.25, 0.3) is 0 Å². The van der Waals surface area contributed by atoms with Gasteiger partial charge in [-0.3, -0.25) is 4.79 Å². The summed E-state index contributed by atoms with van der Waals surface area (Å²) in [6, 6.07) is 7.97. The average Bonchev–Trinajstić information content (AvgIpc) is 2.43. The third-order valence-electron chi connectivity index (χ3n) is 3.92. The van der Waals surface area contributed by atoms with E-state index in [1.807, 2.05) is 18.2 Å². The Morgan fingerprint density at radius 2 is 2.11 bits per heavy atom. The quantitative estimate of drug-likeness (QED) is 0.795. The summed E-state index contributed by atoms with van der Waals surface area (Å²) in [4.78, 5) is 13.7. The van der Waals surface area contributed by atoms with Gasteiger partial charge in [0.15, 0.2) is 0 Å². The second-order valence-electron chi connectivity index (χ2n) is 5.29. The van der Waals surface area contributed by atoms with Gasteiger partial charge in [0.25, 0.3) is 0 Å².